The Labute approximate surface area is 355 Å². The van der Waals surface area contributed by atoms with Gasteiger partial charge in [0.25, 0.3) is 0 Å². The van der Waals surface area contributed by atoms with Crippen LogP contribution in [0.5, 0.6) is 0 Å². The van der Waals surface area contributed by atoms with E-state index in [4.69, 9.17) is 23.7 Å². The molecule has 1 aliphatic rings. The molecule has 1 amide bonds. The van der Waals surface area contributed by atoms with Gasteiger partial charge in [0.1, 0.15) is 19.8 Å². The van der Waals surface area contributed by atoms with Crippen LogP contribution in [0.4, 0.5) is 4.79 Å². The molecule has 1 rings (SSSR count). The minimum absolute atomic E-state index is 0.0126. The number of carbonyl (C=O) groups excluding carboxylic acids is 3. The van der Waals surface area contributed by atoms with E-state index in [2.05, 4.69) is 50.0 Å². The predicted octanol–water partition coefficient (Wildman–Crippen LogP) is 11.7. The lowest BCUT2D eigenvalue weighted by molar-refractivity contribution is -0.161. The molecule has 1 unspecified atom stereocenters. The van der Waals surface area contributed by atoms with Crippen LogP contribution in [-0.4, -0.2) is 100 Å². The quantitative estimate of drug-likeness (QED) is 0.0196. The molecule has 1 heterocycles. The SMILES string of the molecule is CCCCC/C=C\C/C=C\CCCCCCCC(=O)OCC(COC(=O)CCC(OCCCCCCCC)OCCCCCCCC)COC(=O)N(C)C1CN(C)C1. The van der Waals surface area contributed by atoms with E-state index in [1.54, 1.807) is 11.9 Å². The Morgan fingerprint density at radius 1 is 0.586 bits per heavy atom. The fourth-order valence-electron chi connectivity index (χ4n) is 6.79. The van der Waals surface area contributed by atoms with Crippen molar-refractivity contribution in [2.75, 3.05) is 60.2 Å². The van der Waals surface area contributed by atoms with Crippen LogP contribution < -0.4 is 0 Å². The molecule has 1 saturated heterocycles. The Morgan fingerprint density at radius 2 is 1.03 bits per heavy atom. The van der Waals surface area contributed by atoms with Gasteiger partial charge in [-0.1, -0.05) is 141 Å². The van der Waals surface area contributed by atoms with Gasteiger partial charge >= 0.3 is 18.0 Å². The molecule has 0 spiro atoms. The van der Waals surface area contributed by atoms with Crippen molar-refractivity contribution in [3.63, 3.8) is 0 Å². The van der Waals surface area contributed by atoms with Gasteiger partial charge in [-0.15, -0.1) is 0 Å². The van der Waals surface area contributed by atoms with Gasteiger partial charge in [0.2, 0.25) is 0 Å². The van der Waals surface area contributed by atoms with Gasteiger partial charge in [0.05, 0.1) is 18.4 Å². The van der Waals surface area contributed by atoms with Crippen molar-refractivity contribution in [2.24, 2.45) is 5.92 Å². The number of hydrogen-bond donors (Lipinski definition) is 0. The topological polar surface area (TPSA) is 104 Å². The van der Waals surface area contributed by atoms with Crippen molar-refractivity contribution in [3.05, 3.63) is 24.3 Å². The van der Waals surface area contributed by atoms with Crippen LogP contribution in [0.15, 0.2) is 24.3 Å². The number of amides is 1. The molecule has 1 atom stereocenters. The van der Waals surface area contributed by atoms with Gasteiger partial charge in [-0.2, -0.15) is 0 Å². The molecule has 1 fully saturated rings. The largest absolute Gasteiger partial charge is 0.465 e. The number of carbonyl (C=O) groups is 3. The second-order valence-electron chi connectivity index (χ2n) is 16.5. The summed E-state index contributed by atoms with van der Waals surface area (Å²) in [5.74, 6) is -1.13. The highest BCUT2D eigenvalue weighted by Crippen LogP contribution is 2.15. The van der Waals surface area contributed by atoms with Crippen molar-refractivity contribution in [1.82, 2.24) is 9.80 Å². The van der Waals surface area contributed by atoms with E-state index in [1.165, 1.54) is 77.0 Å². The van der Waals surface area contributed by atoms with Crippen molar-refractivity contribution in [1.29, 1.82) is 0 Å². The van der Waals surface area contributed by atoms with Crippen molar-refractivity contribution in [3.8, 4) is 0 Å². The van der Waals surface area contributed by atoms with E-state index in [0.29, 0.717) is 26.1 Å². The summed E-state index contributed by atoms with van der Waals surface area (Å²) in [4.78, 5) is 42.2. The highest BCUT2D eigenvalue weighted by molar-refractivity contribution is 5.70. The van der Waals surface area contributed by atoms with Crippen LogP contribution in [0.3, 0.4) is 0 Å². The zero-order valence-electron chi connectivity index (χ0n) is 38.0. The Kier molecular flexibility index (Phi) is 35.8. The standard InChI is InChI=1S/C48H88N2O8/c1-6-9-12-15-18-19-20-21-22-23-24-25-26-27-30-33-45(51)56-40-43(42-58-48(53)50(5)44-38-49(4)39-44)41-57-46(52)34-35-47(54-36-31-28-16-13-10-7-2)55-37-32-29-17-14-11-8-3/h18-19,21-22,43-44,47H,6-17,20,23-42H2,1-5H3/b19-18-,22-21-. The smallest absolute Gasteiger partial charge is 0.409 e. The maximum Gasteiger partial charge on any atom is 0.409 e. The molecule has 58 heavy (non-hydrogen) atoms. The number of rotatable bonds is 40. The fraction of sp³-hybridized carbons (Fsp3) is 0.854. The fourth-order valence-corrected chi connectivity index (χ4v) is 6.79. The zero-order valence-corrected chi connectivity index (χ0v) is 38.0. The van der Waals surface area contributed by atoms with Crippen LogP contribution in [0.2, 0.25) is 0 Å². The molecule has 0 aliphatic carbocycles. The maximum atomic E-state index is 13.0. The van der Waals surface area contributed by atoms with E-state index in [9.17, 15) is 14.4 Å². The molecular weight excluding hydrogens is 733 g/mol. The van der Waals surface area contributed by atoms with Crippen molar-refractivity contribution >= 4 is 18.0 Å². The average Bonchev–Trinajstić information content (AvgIpc) is 3.21. The molecule has 0 bridgehead atoms. The number of likely N-dealkylation sites (N-methyl/N-ethyl adjacent to an activating group) is 2. The molecule has 0 aromatic heterocycles. The first-order chi connectivity index (χ1) is 28.3. The molecule has 338 valence electrons. The number of esters is 2. The molecule has 0 aromatic carbocycles. The minimum atomic E-state index is -0.470. The van der Waals surface area contributed by atoms with Gasteiger partial charge < -0.3 is 33.5 Å². The van der Waals surface area contributed by atoms with Crippen LogP contribution >= 0.6 is 0 Å². The second kappa shape index (κ2) is 38.8. The second-order valence-corrected chi connectivity index (χ2v) is 16.5. The molecule has 0 saturated carbocycles. The van der Waals surface area contributed by atoms with Crippen molar-refractivity contribution < 1.29 is 38.1 Å². The van der Waals surface area contributed by atoms with E-state index in [-0.39, 0.29) is 44.2 Å². The molecule has 10 heteroatoms. The Balaban J connectivity index is 2.50. The number of hydrogen-bond acceptors (Lipinski definition) is 9. The lowest BCUT2D eigenvalue weighted by Gasteiger charge is -2.41. The van der Waals surface area contributed by atoms with Crippen LogP contribution in [0.25, 0.3) is 0 Å². The summed E-state index contributed by atoms with van der Waals surface area (Å²) in [7, 11) is 3.75. The summed E-state index contributed by atoms with van der Waals surface area (Å²) in [6.45, 7) is 9.48. The van der Waals surface area contributed by atoms with Gasteiger partial charge in [-0.3, -0.25) is 9.59 Å². The summed E-state index contributed by atoms with van der Waals surface area (Å²) in [6.07, 6.45) is 35.5. The molecule has 0 aromatic rings. The molecular formula is C48H88N2O8. The highest BCUT2D eigenvalue weighted by Gasteiger charge is 2.31. The van der Waals surface area contributed by atoms with E-state index in [0.717, 1.165) is 83.7 Å². The third-order valence-corrected chi connectivity index (χ3v) is 10.8. The summed E-state index contributed by atoms with van der Waals surface area (Å²) >= 11 is 0. The summed E-state index contributed by atoms with van der Waals surface area (Å²) in [5, 5.41) is 0. The average molecular weight is 821 g/mol. The van der Waals surface area contributed by atoms with E-state index >= 15 is 0 Å². The van der Waals surface area contributed by atoms with Gasteiger partial charge in [0, 0.05) is 46.2 Å². The van der Waals surface area contributed by atoms with E-state index < -0.39 is 18.3 Å². The maximum absolute atomic E-state index is 13.0. The van der Waals surface area contributed by atoms with Gasteiger partial charge in [-0.25, -0.2) is 4.79 Å². The molecule has 10 nitrogen and oxygen atoms in total. The van der Waals surface area contributed by atoms with E-state index in [1.807, 2.05) is 7.05 Å². The van der Waals surface area contributed by atoms with Crippen LogP contribution in [-0.2, 0) is 33.3 Å². The van der Waals surface area contributed by atoms with Gasteiger partial charge in [-0.05, 0) is 58.4 Å². The molecule has 1 aliphatic heterocycles. The first-order valence-electron chi connectivity index (χ1n) is 23.7. The first-order valence-corrected chi connectivity index (χ1v) is 23.7. The predicted molar refractivity (Wildman–Crippen MR) is 237 cm³/mol. The Hall–Kier alpha value is -2.43. The zero-order chi connectivity index (χ0) is 42.3. The normalized spacial score (nSPS) is 14.0. The number of ether oxygens (including phenoxy) is 5. The number of allylic oxidation sites excluding steroid dienone is 4. The Morgan fingerprint density at radius 3 is 1.59 bits per heavy atom. The lowest BCUT2D eigenvalue weighted by atomic mass is 10.1. The van der Waals surface area contributed by atoms with Gasteiger partial charge in [0.15, 0.2) is 6.29 Å². The highest BCUT2D eigenvalue weighted by atomic mass is 16.7. The van der Waals surface area contributed by atoms with Crippen LogP contribution in [0, 0.1) is 5.92 Å². The first kappa shape index (κ1) is 53.6. The van der Waals surface area contributed by atoms with Crippen LogP contribution in [0.1, 0.15) is 188 Å². The van der Waals surface area contributed by atoms with Crippen molar-refractivity contribution in [2.45, 2.75) is 200 Å². The summed E-state index contributed by atoms with van der Waals surface area (Å²) < 4.78 is 29.1. The summed E-state index contributed by atoms with van der Waals surface area (Å²) in [6, 6.07) is 0.106. The molecule has 0 radical (unpaired) electrons. The Bertz CT molecular complexity index is 1030. The monoisotopic (exact) mass is 821 g/mol. The number of nitrogens with zero attached hydrogens (tertiary/aromatic N) is 2. The summed E-state index contributed by atoms with van der Waals surface area (Å²) in [5.41, 5.74) is 0. The number of likely N-dealkylation sites (tertiary alicyclic amines) is 1. The lowest BCUT2D eigenvalue weighted by Crippen LogP contribution is -2.58. The third-order valence-electron chi connectivity index (χ3n) is 10.8. The minimum Gasteiger partial charge on any atom is -0.465 e. The third kappa shape index (κ3) is 31.5. The molecule has 0 N–H and O–H groups in total. The number of unbranched alkanes of at least 4 members (excludes halogenated alkanes) is 18.